The number of hydrogen-bond acceptors (Lipinski definition) is 3. The zero-order valence-electron chi connectivity index (χ0n) is 12.4. The summed E-state index contributed by atoms with van der Waals surface area (Å²) in [5.41, 5.74) is 1.77. The molecule has 0 bridgehead atoms. The number of nitrogens with zero attached hydrogens (tertiary/aromatic N) is 1. The standard InChI is InChI=1S/C16H23ClN2O2/c1-12-10-13(17)6-7-15(12)18-16(21)11-19(8-3-9-20)14-4-2-5-14/h6-7,10,14,20H,2-5,8-9,11H2,1H3,(H,18,21). The van der Waals surface area contributed by atoms with E-state index in [1.807, 2.05) is 19.1 Å². The lowest BCUT2D eigenvalue weighted by Crippen LogP contribution is -2.45. The van der Waals surface area contributed by atoms with Crippen LogP contribution in [0.5, 0.6) is 0 Å². The quantitative estimate of drug-likeness (QED) is 0.814. The fourth-order valence-electron chi connectivity index (χ4n) is 2.56. The molecule has 0 aliphatic heterocycles. The molecule has 1 amide bonds. The van der Waals surface area contributed by atoms with E-state index in [0.717, 1.165) is 30.6 Å². The van der Waals surface area contributed by atoms with Crippen molar-refractivity contribution in [3.63, 3.8) is 0 Å². The van der Waals surface area contributed by atoms with Crippen LogP contribution in [0.2, 0.25) is 5.02 Å². The van der Waals surface area contributed by atoms with Crippen molar-refractivity contribution in [3.8, 4) is 0 Å². The zero-order chi connectivity index (χ0) is 15.2. The van der Waals surface area contributed by atoms with Crippen LogP contribution >= 0.6 is 11.6 Å². The van der Waals surface area contributed by atoms with Gasteiger partial charge in [0.05, 0.1) is 6.54 Å². The summed E-state index contributed by atoms with van der Waals surface area (Å²) in [6.07, 6.45) is 4.25. The predicted octanol–water partition coefficient (Wildman–Crippen LogP) is 2.82. The van der Waals surface area contributed by atoms with Gasteiger partial charge in [0, 0.05) is 29.9 Å². The Balaban J connectivity index is 1.91. The van der Waals surface area contributed by atoms with Crippen LogP contribution < -0.4 is 5.32 Å². The number of carbonyl (C=O) groups is 1. The molecule has 0 unspecified atom stereocenters. The fourth-order valence-corrected chi connectivity index (χ4v) is 2.78. The highest BCUT2D eigenvalue weighted by Gasteiger charge is 2.26. The maximum atomic E-state index is 12.2. The van der Waals surface area contributed by atoms with Crippen molar-refractivity contribution in [2.75, 3.05) is 25.0 Å². The van der Waals surface area contributed by atoms with Gasteiger partial charge < -0.3 is 10.4 Å². The molecular weight excluding hydrogens is 288 g/mol. The third kappa shape index (κ3) is 4.70. The molecule has 1 saturated carbocycles. The second-order valence-corrected chi connectivity index (χ2v) is 6.08. The first kappa shape index (κ1) is 16.3. The Kier molecular flexibility index (Phi) is 6.03. The van der Waals surface area contributed by atoms with Gasteiger partial charge in [-0.2, -0.15) is 0 Å². The first-order valence-electron chi connectivity index (χ1n) is 7.51. The van der Waals surface area contributed by atoms with Crippen LogP contribution in [-0.4, -0.2) is 41.7 Å². The number of rotatable bonds is 7. The average Bonchev–Trinajstić information content (AvgIpc) is 2.37. The van der Waals surface area contributed by atoms with Crippen LogP contribution in [0.1, 0.15) is 31.2 Å². The molecule has 1 fully saturated rings. The Hall–Kier alpha value is -1.10. The Morgan fingerprint density at radius 2 is 2.24 bits per heavy atom. The smallest absolute Gasteiger partial charge is 0.238 e. The minimum absolute atomic E-state index is 0.00902. The lowest BCUT2D eigenvalue weighted by molar-refractivity contribution is -0.118. The van der Waals surface area contributed by atoms with Gasteiger partial charge in [0.15, 0.2) is 0 Å². The third-order valence-electron chi connectivity index (χ3n) is 4.00. The summed E-state index contributed by atoms with van der Waals surface area (Å²) in [5, 5.41) is 12.6. The van der Waals surface area contributed by atoms with Gasteiger partial charge in [-0.25, -0.2) is 0 Å². The number of carbonyl (C=O) groups excluding carboxylic acids is 1. The molecular formula is C16H23ClN2O2. The van der Waals surface area contributed by atoms with E-state index < -0.39 is 0 Å². The van der Waals surface area contributed by atoms with E-state index in [-0.39, 0.29) is 12.5 Å². The highest BCUT2D eigenvalue weighted by Crippen LogP contribution is 2.25. The Labute approximate surface area is 131 Å². The number of amides is 1. The second-order valence-electron chi connectivity index (χ2n) is 5.64. The summed E-state index contributed by atoms with van der Waals surface area (Å²) in [4.78, 5) is 14.4. The summed E-state index contributed by atoms with van der Waals surface area (Å²) in [6.45, 7) is 3.25. The van der Waals surface area contributed by atoms with Gasteiger partial charge in [-0.1, -0.05) is 18.0 Å². The summed E-state index contributed by atoms with van der Waals surface area (Å²) in [5.74, 6) is -0.00902. The number of anilines is 1. The first-order chi connectivity index (χ1) is 10.1. The molecule has 1 aliphatic rings. The van der Waals surface area contributed by atoms with Gasteiger partial charge >= 0.3 is 0 Å². The van der Waals surface area contributed by atoms with Crippen LogP contribution in [-0.2, 0) is 4.79 Å². The number of nitrogens with one attached hydrogen (secondary N) is 1. The van der Waals surface area contributed by atoms with Crippen molar-refractivity contribution in [2.24, 2.45) is 0 Å². The van der Waals surface area contributed by atoms with E-state index in [1.54, 1.807) is 6.07 Å². The number of aliphatic hydroxyl groups is 1. The average molecular weight is 311 g/mol. The third-order valence-corrected chi connectivity index (χ3v) is 4.24. The van der Waals surface area contributed by atoms with Gasteiger partial charge in [-0.05, 0) is 49.9 Å². The molecule has 1 aromatic rings. The molecule has 0 spiro atoms. The van der Waals surface area contributed by atoms with Crippen molar-refractivity contribution in [2.45, 2.75) is 38.6 Å². The van der Waals surface area contributed by atoms with E-state index in [0.29, 0.717) is 24.0 Å². The van der Waals surface area contributed by atoms with Crippen molar-refractivity contribution in [1.29, 1.82) is 0 Å². The van der Waals surface area contributed by atoms with Gasteiger partial charge in [0.1, 0.15) is 0 Å². The number of aliphatic hydroxyl groups excluding tert-OH is 1. The Morgan fingerprint density at radius 1 is 1.48 bits per heavy atom. The Morgan fingerprint density at radius 3 is 2.81 bits per heavy atom. The van der Waals surface area contributed by atoms with Gasteiger partial charge in [-0.3, -0.25) is 9.69 Å². The predicted molar refractivity (Wildman–Crippen MR) is 85.7 cm³/mol. The van der Waals surface area contributed by atoms with E-state index in [1.165, 1.54) is 6.42 Å². The van der Waals surface area contributed by atoms with Crippen LogP contribution in [0.3, 0.4) is 0 Å². The molecule has 5 heteroatoms. The fraction of sp³-hybridized carbons (Fsp3) is 0.562. The zero-order valence-corrected chi connectivity index (χ0v) is 13.2. The molecule has 1 aromatic carbocycles. The van der Waals surface area contributed by atoms with Gasteiger partial charge in [0.2, 0.25) is 5.91 Å². The summed E-state index contributed by atoms with van der Waals surface area (Å²) >= 11 is 5.92. The maximum Gasteiger partial charge on any atom is 0.238 e. The molecule has 116 valence electrons. The minimum Gasteiger partial charge on any atom is -0.396 e. The summed E-state index contributed by atoms with van der Waals surface area (Å²) < 4.78 is 0. The van der Waals surface area contributed by atoms with Crippen LogP contribution in [0.15, 0.2) is 18.2 Å². The van der Waals surface area contributed by atoms with Gasteiger partial charge in [-0.15, -0.1) is 0 Å². The van der Waals surface area contributed by atoms with Gasteiger partial charge in [0.25, 0.3) is 0 Å². The number of aryl methyl sites for hydroxylation is 1. The highest BCUT2D eigenvalue weighted by atomic mass is 35.5. The lowest BCUT2D eigenvalue weighted by atomic mass is 9.91. The normalized spacial score (nSPS) is 15.0. The Bertz CT molecular complexity index is 489. The molecule has 2 N–H and O–H groups in total. The summed E-state index contributed by atoms with van der Waals surface area (Å²) in [6, 6.07) is 5.94. The molecule has 0 saturated heterocycles. The second kappa shape index (κ2) is 7.78. The van der Waals surface area contributed by atoms with E-state index >= 15 is 0 Å². The molecule has 0 heterocycles. The molecule has 0 aromatic heterocycles. The van der Waals surface area contributed by atoms with Crippen molar-refractivity contribution in [3.05, 3.63) is 28.8 Å². The highest BCUT2D eigenvalue weighted by molar-refractivity contribution is 6.30. The summed E-state index contributed by atoms with van der Waals surface area (Å²) in [7, 11) is 0. The van der Waals surface area contributed by atoms with E-state index in [2.05, 4.69) is 10.2 Å². The number of hydrogen-bond donors (Lipinski definition) is 2. The van der Waals surface area contributed by atoms with Crippen LogP contribution in [0.4, 0.5) is 5.69 Å². The topological polar surface area (TPSA) is 52.6 Å². The lowest BCUT2D eigenvalue weighted by Gasteiger charge is -2.37. The molecule has 0 radical (unpaired) electrons. The maximum absolute atomic E-state index is 12.2. The number of benzene rings is 1. The molecule has 21 heavy (non-hydrogen) atoms. The van der Waals surface area contributed by atoms with Crippen molar-refractivity contribution < 1.29 is 9.90 Å². The van der Waals surface area contributed by atoms with Crippen molar-refractivity contribution >= 4 is 23.2 Å². The number of halogens is 1. The van der Waals surface area contributed by atoms with E-state index in [9.17, 15) is 4.79 Å². The monoisotopic (exact) mass is 310 g/mol. The molecule has 1 aliphatic carbocycles. The first-order valence-corrected chi connectivity index (χ1v) is 7.89. The largest absolute Gasteiger partial charge is 0.396 e. The molecule has 4 nitrogen and oxygen atoms in total. The molecule has 2 rings (SSSR count). The van der Waals surface area contributed by atoms with E-state index in [4.69, 9.17) is 16.7 Å². The van der Waals surface area contributed by atoms with Crippen LogP contribution in [0.25, 0.3) is 0 Å². The SMILES string of the molecule is Cc1cc(Cl)ccc1NC(=O)CN(CCCO)C1CCC1. The van der Waals surface area contributed by atoms with Crippen molar-refractivity contribution in [1.82, 2.24) is 4.90 Å². The molecule has 0 atom stereocenters. The van der Waals surface area contributed by atoms with Crippen LogP contribution in [0, 0.1) is 6.92 Å². The minimum atomic E-state index is -0.00902.